The fourth-order valence-corrected chi connectivity index (χ4v) is 1.79. The number of anilines is 3. The molecule has 0 atom stereocenters. The number of rotatable bonds is 1. The topological polar surface area (TPSA) is 78.1 Å². The van der Waals surface area contributed by atoms with Crippen molar-refractivity contribution in [2.24, 2.45) is 0 Å². The highest BCUT2D eigenvalue weighted by atomic mass is 14.7. The molecule has 0 fully saturated rings. The van der Waals surface area contributed by atoms with Crippen LogP contribution in [0.2, 0.25) is 0 Å². The standard InChI is InChI=1S/C12H14N3/c1-2-7-3-5-9(13)11-8(7)4-6-10(14)12(11)15/h2-6H,13-15H2,1H3. The summed E-state index contributed by atoms with van der Waals surface area (Å²) >= 11 is 0. The fourth-order valence-electron chi connectivity index (χ4n) is 1.79. The average Bonchev–Trinajstić information content (AvgIpc) is 2.24. The zero-order valence-electron chi connectivity index (χ0n) is 8.62. The lowest BCUT2D eigenvalue weighted by molar-refractivity contribution is 1.46. The van der Waals surface area contributed by atoms with E-state index in [2.05, 4.69) is 0 Å². The molecule has 0 saturated heterocycles. The number of hydrogen-bond acceptors (Lipinski definition) is 3. The van der Waals surface area contributed by atoms with Crippen LogP contribution < -0.4 is 17.2 Å². The van der Waals surface area contributed by atoms with Crippen LogP contribution in [0.3, 0.4) is 0 Å². The highest BCUT2D eigenvalue weighted by Crippen LogP contribution is 2.33. The highest BCUT2D eigenvalue weighted by Gasteiger charge is 2.08. The van der Waals surface area contributed by atoms with Gasteiger partial charge in [-0.15, -0.1) is 0 Å². The number of hydrogen-bond donors (Lipinski definition) is 3. The van der Waals surface area contributed by atoms with Crippen LogP contribution >= 0.6 is 0 Å². The molecule has 0 amide bonds. The molecular formula is C12H14N3. The first-order valence-corrected chi connectivity index (χ1v) is 4.80. The Labute approximate surface area is 88.9 Å². The minimum atomic E-state index is 0.564. The summed E-state index contributed by atoms with van der Waals surface area (Å²) in [5.74, 6) is 0. The van der Waals surface area contributed by atoms with E-state index in [1.54, 1.807) is 0 Å². The quantitative estimate of drug-likeness (QED) is 0.617. The van der Waals surface area contributed by atoms with Gasteiger partial charge in [-0.05, 0) is 29.5 Å². The van der Waals surface area contributed by atoms with Crippen LogP contribution in [0.15, 0.2) is 24.3 Å². The first-order chi connectivity index (χ1) is 7.15. The number of fused-ring (bicyclic) bond motifs is 1. The third kappa shape index (κ3) is 1.36. The minimum Gasteiger partial charge on any atom is -0.398 e. The van der Waals surface area contributed by atoms with Crippen LogP contribution in [0, 0.1) is 6.42 Å². The van der Waals surface area contributed by atoms with Crippen molar-refractivity contribution in [3.63, 3.8) is 0 Å². The van der Waals surface area contributed by atoms with Crippen molar-refractivity contribution in [3.05, 3.63) is 36.2 Å². The van der Waals surface area contributed by atoms with Crippen LogP contribution in [0.5, 0.6) is 0 Å². The van der Waals surface area contributed by atoms with E-state index < -0.39 is 0 Å². The minimum absolute atomic E-state index is 0.564. The third-order valence-corrected chi connectivity index (χ3v) is 2.63. The smallest absolute Gasteiger partial charge is 0.0648 e. The van der Waals surface area contributed by atoms with Crippen molar-refractivity contribution in [2.75, 3.05) is 17.2 Å². The van der Waals surface area contributed by atoms with E-state index in [9.17, 15) is 0 Å². The Kier molecular flexibility index (Phi) is 2.15. The van der Waals surface area contributed by atoms with Gasteiger partial charge in [0.15, 0.2) is 0 Å². The summed E-state index contributed by atoms with van der Waals surface area (Å²) in [5, 5.41) is 1.90. The van der Waals surface area contributed by atoms with Gasteiger partial charge in [0.1, 0.15) is 0 Å². The summed E-state index contributed by atoms with van der Waals surface area (Å²) in [5.41, 5.74) is 20.5. The molecule has 0 aromatic heterocycles. The Morgan fingerprint density at radius 2 is 1.60 bits per heavy atom. The summed E-state index contributed by atoms with van der Waals surface area (Å²) in [6, 6.07) is 7.59. The molecule has 6 N–H and O–H groups in total. The molecule has 0 aliphatic heterocycles. The van der Waals surface area contributed by atoms with Gasteiger partial charge in [0.05, 0.1) is 11.4 Å². The summed E-state index contributed by atoms with van der Waals surface area (Å²) in [4.78, 5) is 0. The van der Waals surface area contributed by atoms with Crippen molar-refractivity contribution in [1.29, 1.82) is 0 Å². The predicted molar refractivity (Wildman–Crippen MR) is 66.3 cm³/mol. The van der Waals surface area contributed by atoms with Gasteiger partial charge in [-0.1, -0.05) is 19.1 Å². The maximum Gasteiger partial charge on any atom is 0.0648 e. The van der Waals surface area contributed by atoms with E-state index in [4.69, 9.17) is 17.2 Å². The number of nitrogen functional groups attached to an aromatic ring is 3. The molecule has 0 bridgehead atoms. The highest BCUT2D eigenvalue weighted by molar-refractivity contribution is 6.07. The van der Waals surface area contributed by atoms with Gasteiger partial charge >= 0.3 is 0 Å². The Bertz CT molecular complexity index is 518. The van der Waals surface area contributed by atoms with E-state index in [1.165, 1.54) is 0 Å². The SMILES string of the molecule is C[CH]c1ccc(N)c2c(N)c(N)ccc12. The van der Waals surface area contributed by atoms with Crippen LogP contribution in [-0.2, 0) is 0 Å². The lowest BCUT2D eigenvalue weighted by Gasteiger charge is -2.11. The van der Waals surface area contributed by atoms with Gasteiger partial charge in [-0.2, -0.15) is 0 Å². The zero-order valence-corrected chi connectivity index (χ0v) is 8.62. The molecule has 2 aromatic carbocycles. The average molecular weight is 200 g/mol. The molecule has 0 saturated carbocycles. The maximum absolute atomic E-state index is 5.92. The van der Waals surface area contributed by atoms with Gasteiger partial charge in [0, 0.05) is 11.1 Å². The molecule has 3 heteroatoms. The van der Waals surface area contributed by atoms with Crippen LogP contribution in [-0.4, -0.2) is 0 Å². The van der Waals surface area contributed by atoms with Gasteiger partial charge in [0.25, 0.3) is 0 Å². The number of benzene rings is 2. The van der Waals surface area contributed by atoms with Crippen molar-refractivity contribution in [1.82, 2.24) is 0 Å². The Morgan fingerprint density at radius 3 is 2.27 bits per heavy atom. The summed E-state index contributed by atoms with van der Waals surface area (Å²) in [6.45, 7) is 1.98. The molecule has 2 rings (SSSR count). The Balaban J connectivity index is 2.93. The molecular weight excluding hydrogens is 186 g/mol. The zero-order chi connectivity index (χ0) is 11.0. The maximum atomic E-state index is 5.92. The third-order valence-electron chi connectivity index (χ3n) is 2.63. The second-order valence-electron chi connectivity index (χ2n) is 3.52. The van der Waals surface area contributed by atoms with Crippen molar-refractivity contribution in [2.45, 2.75) is 6.92 Å². The van der Waals surface area contributed by atoms with Crippen LogP contribution in [0.1, 0.15) is 12.5 Å². The van der Waals surface area contributed by atoms with Gasteiger partial charge < -0.3 is 17.2 Å². The normalized spacial score (nSPS) is 10.7. The van der Waals surface area contributed by atoms with Crippen molar-refractivity contribution < 1.29 is 0 Å². The molecule has 77 valence electrons. The van der Waals surface area contributed by atoms with Crippen molar-refractivity contribution in [3.8, 4) is 0 Å². The van der Waals surface area contributed by atoms with E-state index >= 15 is 0 Å². The van der Waals surface area contributed by atoms with E-state index in [0.717, 1.165) is 16.3 Å². The second-order valence-corrected chi connectivity index (χ2v) is 3.52. The summed E-state index contributed by atoms with van der Waals surface area (Å²) in [6.07, 6.45) is 2.03. The molecule has 0 heterocycles. The second kappa shape index (κ2) is 3.35. The van der Waals surface area contributed by atoms with E-state index in [0.29, 0.717) is 17.1 Å². The predicted octanol–water partition coefficient (Wildman–Crippen LogP) is 2.16. The summed E-state index contributed by atoms with van der Waals surface area (Å²) < 4.78 is 0. The molecule has 1 radical (unpaired) electrons. The summed E-state index contributed by atoms with van der Waals surface area (Å²) in [7, 11) is 0. The van der Waals surface area contributed by atoms with E-state index in [-0.39, 0.29) is 0 Å². The van der Waals surface area contributed by atoms with E-state index in [1.807, 2.05) is 37.6 Å². The molecule has 15 heavy (non-hydrogen) atoms. The first kappa shape index (κ1) is 9.65. The van der Waals surface area contributed by atoms with Gasteiger partial charge in [0.2, 0.25) is 0 Å². The van der Waals surface area contributed by atoms with Crippen LogP contribution in [0.25, 0.3) is 10.8 Å². The molecule has 0 unspecified atom stereocenters. The fraction of sp³-hybridized carbons (Fsp3) is 0.0833. The van der Waals surface area contributed by atoms with Gasteiger partial charge in [-0.3, -0.25) is 0 Å². The molecule has 0 spiro atoms. The molecule has 0 aliphatic rings. The van der Waals surface area contributed by atoms with Crippen LogP contribution in [0.4, 0.5) is 17.1 Å². The largest absolute Gasteiger partial charge is 0.398 e. The first-order valence-electron chi connectivity index (χ1n) is 4.80. The van der Waals surface area contributed by atoms with Crippen molar-refractivity contribution >= 4 is 27.8 Å². The lowest BCUT2D eigenvalue weighted by atomic mass is 9.99. The molecule has 0 aliphatic carbocycles. The van der Waals surface area contributed by atoms with Gasteiger partial charge in [-0.25, -0.2) is 0 Å². The lowest BCUT2D eigenvalue weighted by Crippen LogP contribution is -1.99. The Morgan fingerprint density at radius 1 is 0.933 bits per heavy atom. The monoisotopic (exact) mass is 200 g/mol. The Hall–Kier alpha value is -1.90. The molecule has 2 aromatic rings. The number of nitrogens with two attached hydrogens (primary N) is 3. The molecule has 3 nitrogen and oxygen atoms in total.